The highest BCUT2D eigenvalue weighted by molar-refractivity contribution is 6.31. The Kier molecular flexibility index (Phi) is 4.33. The molecule has 0 aromatic carbocycles. The molecule has 0 aliphatic heterocycles. The molecule has 0 saturated carbocycles. The van der Waals surface area contributed by atoms with E-state index in [9.17, 15) is 4.79 Å². The molecule has 1 amide bonds. The lowest BCUT2D eigenvalue weighted by Gasteiger charge is -2.07. The summed E-state index contributed by atoms with van der Waals surface area (Å²) in [6.45, 7) is 3.44. The van der Waals surface area contributed by atoms with Crippen LogP contribution in [0.4, 0.5) is 5.82 Å². The van der Waals surface area contributed by atoms with Crippen molar-refractivity contribution in [3.8, 4) is 22.5 Å². The van der Waals surface area contributed by atoms with E-state index in [0.29, 0.717) is 10.8 Å². The van der Waals surface area contributed by atoms with Gasteiger partial charge in [0.05, 0.1) is 33.0 Å². The van der Waals surface area contributed by atoms with Crippen molar-refractivity contribution in [3.05, 3.63) is 59.5 Å². The summed E-state index contributed by atoms with van der Waals surface area (Å²) in [6.07, 6.45) is 5.09. The molecule has 4 aromatic heterocycles. The summed E-state index contributed by atoms with van der Waals surface area (Å²) < 4.78 is 0. The number of aromatic amines is 1. The second-order valence-electron chi connectivity index (χ2n) is 6.26. The second kappa shape index (κ2) is 6.81. The fourth-order valence-corrected chi connectivity index (χ4v) is 3.12. The highest BCUT2D eigenvalue weighted by Crippen LogP contribution is 2.37. The molecule has 0 spiro atoms. The van der Waals surface area contributed by atoms with Crippen LogP contribution in [0.15, 0.2) is 48.9 Å². The predicted octanol–water partition coefficient (Wildman–Crippen LogP) is 4.61. The van der Waals surface area contributed by atoms with E-state index in [-0.39, 0.29) is 5.91 Å². The zero-order chi connectivity index (χ0) is 19.0. The van der Waals surface area contributed by atoms with E-state index in [1.165, 1.54) is 6.92 Å². The molecule has 0 atom stereocenters. The number of carbonyl (C=O) groups is 1. The van der Waals surface area contributed by atoms with E-state index in [4.69, 9.17) is 11.6 Å². The van der Waals surface area contributed by atoms with E-state index >= 15 is 0 Å². The molecule has 0 bridgehead atoms. The maximum absolute atomic E-state index is 11.4. The van der Waals surface area contributed by atoms with Gasteiger partial charge in [0.15, 0.2) is 0 Å². The number of anilines is 1. The van der Waals surface area contributed by atoms with Gasteiger partial charge in [-0.25, -0.2) is 4.98 Å². The Morgan fingerprint density at radius 2 is 1.96 bits per heavy atom. The fraction of sp³-hybridized carbons (Fsp3) is 0.100. The Labute approximate surface area is 160 Å². The number of halogens is 1. The number of aromatic nitrogens is 4. The molecular formula is C20H16ClN5O. The van der Waals surface area contributed by atoms with Crippen molar-refractivity contribution in [1.82, 2.24) is 19.9 Å². The van der Waals surface area contributed by atoms with Gasteiger partial charge < -0.3 is 10.3 Å². The molecule has 0 aliphatic rings. The highest BCUT2D eigenvalue weighted by Gasteiger charge is 2.18. The first kappa shape index (κ1) is 17.2. The number of hydrogen-bond acceptors (Lipinski definition) is 4. The Balaban J connectivity index is 1.96. The summed E-state index contributed by atoms with van der Waals surface area (Å²) in [6, 6.07) is 9.49. The highest BCUT2D eigenvalue weighted by atomic mass is 35.5. The molecule has 2 N–H and O–H groups in total. The predicted molar refractivity (Wildman–Crippen MR) is 107 cm³/mol. The number of nitrogens with one attached hydrogen (secondary N) is 2. The molecule has 0 radical (unpaired) electrons. The Morgan fingerprint density at radius 3 is 2.70 bits per heavy atom. The zero-order valence-electron chi connectivity index (χ0n) is 14.7. The van der Waals surface area contributed by atoms with Crippen molar-refractivity contribution in [2.75, 3.05) is 5.32 Å². The monoisotopic (exact) mass is 377 g/mol. The van der Waals surface area contributed by atoms with Crippen LogP contribution in [0.2, 0.25) is 5.02 Å². The van der Waals surface area contributed by atoms with Gasteiger partial charge in [0, 0.05) is 31.1 Å². The lowest BCUT2D eigenvalue weighted by Crippen LogP contribution is -2.07. The van der Waals surface area contributed by atoms with Crippen molar-refractivity contribution in [2.45, 2.75) is 13.8 Å². The summed E-state index contributed by atoms with van der Waals surface area (Å²) in [7, 11) is 0. The summed E-state index contributed by atoms with van der Waals surface area (Å²) in [5, 5.41) is 3.26. The standard InChI is InChI=1S/C20H16ClN5O/c1-11-3-4-15(23-9-11)18-19(26-16-8-14(21)10-24-20(16)18)13-5-6-22-17(7-13)25-12(2)27/h3-10,26H,1-2H3,(H,22,25,27). The van der Waals surface area contributed by atoms with Crippen molar-refractivity contribution in [1.29, 1.82) is 0 Å². The minimum Gasteiger partial charge on any atom is -0.353 e. The average molecular weight is 378 g/mol. The topological polar surface area (TPSA) is 83.6 Å². The first-order valence-corrected chi connectivity index (χ1v) is 8.73. The minimum absolute atomic E-state index is 0.176. The van der Waals surface area contributed by atoms with Crippen LogP contribution in [0.3, 0.4) is 0 Å². The quantitative estimate of drug-likeness (QED) is 0.546. The Bertz CT molecular complexity index is 1150. The summed E-state index contributed by atoms with van der Waals surface area (Å²) in [4.78, 5) is 28.0. The van der Waals surface area contributed by atoms with Crippen LogP contribution in [0.1, 0.15) is 12.5 Å². The van der Waals surface area contributed by atoms with E-state index < -0.39 is 0 Å². The first-order valence-electron chi connectivity index (χ1n) is 8.35. The summed E-state index contributed by atoms with van der Waals surface area (Å²) in [5.41, 5.74) is 6.05. The molecule has 0 fully saturated rings. The van der Waals surface area contributed by atoms with Crippen LogP contribution in [0.5, 0.6) is 0 Å². The van der Waals surface area contributed by atoms with Crippen molar-refractivity contribution >= 4 is 34.4 Å². The van der Waals surface area contributed by atoms with Crippen LogP contribution < -0.4 is 5.32 Å². The Morgan fingerprint density at radius 1 is 1.11 bits per heavy atom. The van der Waals surface area contributed by atoms with Gasteiger partial charge in [-0.15, -0.1) is 0 Å². The number of aryl methyl sites for hydroxylation is 1. The molecule has 27 heavy (non-hydrogen) atoms. The lowest BCUT2D eigenvalue weighted by molar-refractivity contribution is -0.114. The second-order valence-corrected chi connectivity index (χ2v) is 6.69. The molecule has 7 heteroatoms. The van der Waals surface area contributed by atoms with Gasteiger partial charge >= 0.3 is 0 Å². The zero-order valence-corrected chi connectivity index (χ0v) is 15.5. The third kappa shape index (κ3) is 3.39. The van der Waals surface area contributed by atoms with E-state index in [2.05, 4.69) is 25.3 Å². The first-order chi connectivity index (χ1) is 13.0. The number of pyridine rings is 3. The third-order valence-electron chi connectivity index (χ3n) is 4.12. The third-order valence-corrected chi connectivity index (χ3v) is 4.33. The van der Waals surface area contributed by atoms with Gasteiger partial charge in [0.1, 0.15) is 5.82 Å². The number of rotatable bonds is 3. The van der Waals surface area contributed by atoms with Crippen LogP contribution >= 0.6 is 11.6 Å². The molecule has 6 nitrogen and oxygen atoms in total. The van der Waals surface area contributed by atoms with Gasteiger partial charge in [-0.3, -0.25) is 14.8 Å². The van der Waals surface area contributed by atoms with Crippen molar-refractivity contribution in [2.24, 2.45) is 0 Å². The van der Waals surface area contributed by atoms with E-state index in [1.54, 1.807) is 12.4 Å². The van der Waals surface area contributed by atoms with Crippen LogP contribution in [0.25, 0.3) is 33.5 Å². The number of carbonyl (C=O) groups excluding carboxylic acids is 1. The van der Waals surface area contributed by atoms with Gasteiger partial charge in [-0.1, -0.05) is 17.7 Å². The van der Waals surface area contributed by atoms with Crippen LogP contribution in [-0.2, 0) is 4.79 Å². The van der Waals surface area contributed by atoms with Gasteiger partial charge in [-0.2, -0.15) is 0 Å². The van der Waals surface area contributed by atoms with E-state index in [1.807, 2.05) is 43.5 Å². The van der Waals surface area contributed by atoms with Crippen molar-refractivity contribution in [3.63, 3.8) is 0 Å². The Hall–Kier alpha value is -3.25. The van der Waals surface area contributed by atoms with Crippen LogP contribution in [0, 0.1) is 6.92 Å². The minimum atomic E-state index is -0.176. The van der Waals surface area contributed by atoms with Crippen LogP contribution in [-0.4, -0.2) is 25.8 Å². The summed E-state index contributed by atoms with van der Waals surface area (Å²) >= 11 is 6.12. The molecule has 0 unspecified atom stereocenters. The van der Waals surface area contributed by atoms with Gasteiger partial charge in [-0.05, 0) is 36.8 Å². The van der Waals surface area contributed by atoms with Crippen molar-refractivity contribution < 1.29 is 4.79 Å². The van der Waals surface area contributed by atoms with Gasteiger partial charge in [0.25, 0.3) is 0 Å². The largest absolute Gasteiger partial charge is 0.353 e. The van der Waals surface area contributed by atoms with Gasteiger partial charge in [0.2, 0.25) is 5.91 Å². The molecule has 0 aliphatic carbocycles. The normalized spacial score (nSPS) is 10.9. The smallest absolute Gasteiger partial charge is 0.222 e. The number of fused-ring (bicyclic) bond motifs is 1. The average Bonchev–Trinajstić information content (AvgIpc) is 3.00. The number of H-pyrrole nitrogens is 1. The molecule has 134 valence electrons. The summed E-state index contributed by atoms with van der Waals surface area (Å²) in [5.74, 6) is 0.303. The molecule has 0 saturated heterocycles. The fourth-order valence-electron chi connectivity index (χ4n) is 2.97. The lowest BCUT2D eigenvalue weighted by atomic mass is 10.0. The number of nitrogens with zero attached hydrogens (tertiary/aromatic N) is 3. The maximum Gasteiger partial charge on any atom is 0.222 e. The van der Waals surface area contributed by atoms with E-state index in [0.717, 1.165) is 39.1 Å². The number of hydrogen-bond donors (Lipinski definition) is 2. The number of amides is 1. The SMILES string of the molecule is CC(=O)Nc1cc(-c2[nH]c3cc(Cl)cnc3c2-c2ccc(C)cn2)ccn1. The maximum atomic E-state index is 11.4. The molecular weight excluding hydrogens is 362 g/mol. The molecule has 4 aromatic rings. The molecule has 4 heterocycles. The molecule has 4 rings (SSSR count).